The van der Waals surface area contributed by atoms with Crippen LogP contribution in [0.2, 0.25) is 0 Å². The molecular weight excluding hydrogens is 344 g/mol. The predicted molar refractivity (Wildman–Crippen MR) is 105 cm³/mol. The average molecular weight is 376 g/mol. The molecule has 2 aliphatic rings. The number of nitrogens with zero attached hydrogens (tertiary/aromatic N) is 1. The Morgan fingerprint density at radius 3 is 2.67 bits per heavy atom. The maximum Gasteiger partial charge on any atom is 0.224 e. The number of nitrogens with one attached hydrogen (secondary N) is 1. The van der Waals surface area contributed by atoms with E-state index in [1.807, 2.05) is 12.1 Å². The zero-order valence-electron chi connectivity index (χ0n) is 16.5. The van der Waals surface area contributed by atoms with Gasteiger partial charge in [0.1, 0.15) is 11.5 Å². The normalized spacial score (nSPS) is 21.2. The quantitative estimate of drug-likeness (QED) is 0.755. The van der Waals surface area contributed by atoms with Crippen LogP contribution in [0.4, 0.5) is 5.69 Å². The molecule has 2 aliphatic heterocycles. The zero-order valence-corrected chi connectivity index (χ0v) is 16.5. The molecule has 3 rings (SSSR count). The fraction of sp³-hybridized carbons (Fsp3) is 0.667. The van der Waals surface area contributed by atoms with Crippen LogP contribution in [0.15, 0.2) is 18.2 Å². The topological polar surface area (TPSA) is 60.0 Å². The Bertz CT molecular complexity index is 608. The lowest BCUT2D eigenvalue weighted by molar-refractivity contribution is -0.116. The number of anilines is 1. The lowest BCUT2D eigenvalue weighted by Gasteiger charge is -2.33. The van der Waals surface area contributed by atoms with Gasteiger partial charge in [-0.1, -0.05) is 0 Å². The number of ether oxygens (including phenoxy) is 3. The number of benzene rings is 1. The van der Waals surface area contributed by atoms with Crippen LogP contribution in [-0.2, 0) is 9.53 Å². The molecule has 0 radical (unpaired) electrons. The molecule has 6 nitrogen and oxygen atoms in total. The Morgan fingerprint density at radius 1 is 1.19 bits per heavy atom. The molecule has 6 heteroatoms. The average Bonchev–Trinajstić information content (AvgIpc) is 3.21. The van der Waals surface area contributed by atoms with E-state index in [9.17, 15) is 4.79 Å². The van der Waals surface area contributed by atoms with Crippen LogP contribution in [0.25, 0.3) is 0 Å². The van der Waals surface area contributed by atoms with Crippen molar-refractivity contribution in [2.75, 3.05) is 52.4 Å². The maximum atomic E-state index is 12.3. The highest BCUT2D eigenvalue weighted by atomic mass is 16.5. The molecule has 0 unspecified atom stereocenters. The van der Waals surface area contributed by atoms with E-state index in [2.05, 4.69) is 10.2 Å². The summed E-state index contributed by atoms with van der Waals surface area (Å²) in [5.41, 5.74) is 0.692. The first-order valence-electron chi connectivity index (χ1n) is 10.00. The van der Waals surface area contributed by atoms with Crippen LogP contribution in [0.1, 0.15) is 32.1 Å². The number of hydrogen-bond acceptors (Lipinski definition) is 5. The summed E-state index contributed by atoms with van der Waals surface area (Å²) in [5, 5.41) is 2.97. The van der Waals surface area contributed by atoms with Crippen molar-refractivity contribution >= 4 is 11.6 Å². The van der Waals surface area contributed by atoms with Gasteiger partial charge in [0.15, 0.2) is 0 Å². The molecule has 2 fully saturated rings. The molecule has 1 amide bonds. The van der Waals surface area contributed by atoms with Gasteiger partial charge in [0.25, 0.3) is 0 Å². The highest BCUT2D eigenvalue weighted by molar-refractivity contribution is 5.92. The van der Waals surface area contributed by atoms with Gasteiger partial charge in [0.2, 0.25) is 5.91 Å². The van der Waals surface area contributed by atoms with Crippen molar-refractivity contribution < 1.29 is 19.0 Å². The summed E-state index contributed by atoms with van der Waals surface area (Å²) in [6, 6.07) is 5.42. The van der Waals surface area contributed by atoms with Crippen molar-refractivity contribution in [1.29, 1.82) is 0 Å². The number of hydrogen-bond donors (Lipinski definition) is 1. The molecule has 0 spiro atoms. The van der Waals surface area contributed by atoms with Crippen LogP contribution in [0.5, 0.6) is 11.5 Å². The Kier molecular flexibility index (Phi) is 7.35. The first-order chi connectivity index (χ1) is 13.2. The monoisotopic (exact) mass is 376 g/mol. The Balaban J connectivity index is 1.38. The molecule has 0 bridgehead atoms. The molecule has 1 N–H and O–H groups in total. The first-order valence-corrected chi connectivity index (χ1v) is 10.00. The van der Waals surface area contributed by atoms with Gasteiger partial charge in [0.05, 0.1) is 26.5 Å². The number of carbonyl (C=O) groups is 1. The molecule has 1 aromatic rings. The third-order valence-corrected chi connectivity index (χ3v) is 5.71. The zero-order chi connectivity index (χ0) is 19.1. The van der Waals surface area contributed by atoms with Gasteiger partial charge in [0, 0.05) is 25.6 Å². The van der Waals surface area contributed by atoms with Gasteiger partial charge in [-0.3, -0.25) is 4.79 Å². The van der Waals surface area contributed by atoms with E-state index < -0.39 is 0 Å². The number of rotatable bonds is 8. The molecule has 1 atom stereocenters. The van der Waals surface area contributed by atoms with Crippen molar-refractivity contribution in [1.82, 2.24) is 4.90 Å². The second-order valence-corrected chi connectivity index (χ2v) is 7.63. The Hall–Kier alpha value is -1.79. The predicted octanol–water partition coefficient (Wildman–Crippen LogP) is 3.17. The van der Waals surface area contributed by atoms with E-state index in [4.69, 9.17) is 14.2 Å². The van der Waals surface area contributed by atoms with Gasteiger partial charge in [-0.15, -0.1) is 0 Å². The van der Waals surface area contributed by atoms with Gasteiger partial charge in [-0.25, -0.2) is 0 Å². The highest BCUT2D eigenvalue weighted by Crippen LogP contribution is 2.30. The summed E-state index contributed by atoms with van der Waals surface area (Å²) >= 11 is 0. The molecule has 2 heterocycles. The summed E-state index contributed by atoms with van der Waals surface area (Å²) in [5.74, 6) is 2.73. The third kappa shape index (κ3) is 5.84. The molecule has 150 valence electrons. The lowest BCUT2D eigenvalue weighted by Crippen LogP contribution is -2.37. The van der Waals surface area contributed by atoms with Crippen molar-refractivity contribution in [3.05, 3.63) is 18.2 Å². The maximum absolute atomic E-state index is 12.3. The van der Waals surface area contributed by atoms with E-state index in [1.165, 1.54) is 25.8 Å². The largest absolute Gasteiger partial charge is 0.497 e. The molecule has 2 saturated heterocycles. The minimum Gasteiger partial charge on any atom is -0.497 e. The van der Waals surface area contributed by atoms with Crippen LogP contribution >= 0.6 is 0 Å². The van der Waals surface area contributed by atoms with E-state index in [0.29, 0.717) is 35.4 Å². The van der Waals surface area contributed by atoms with Crippen LogP contribution < -0.4 is 14.8 Å². The summed E-state index contributed by atoms with van der Waals surface area (Å²) in [7, 11) is 3.20. The van der Waals surface area contributed by atoms with Crippen molar-refractivity contribution in [3.63, 3.8) is 0 Å². The summed E-state index contributed by atoms with van der Waals surface area (Å²) in [6.07, 6.45) is 5.08. The fourth-order valence-corrected chi connectivity index (χ4v) is 4.00. The number of carbonyl (C=O) groups excluding carboxylic acids is 1. The molecular formula is C21H32N2O4. The van der Waals surface area contributed by atoms with Crippen LogP contribution in [0, 0.1) is 11.8 Å². The molecule has 27 heavy (non-hydrogen) atoms. The minimum absolute atomic E-state index is 0.0454. The minimum atomic E-state index is 0.0454. The number of amides is 1. The Morgan fingerprint density at radius 2 is 2.00 bits per heavy atom. The second kappa shape index (κ2) is 9.95. The van der Waals surface area contributed by atoms with Crippen LogP contribution in [-0.4, -0.2) is 57.9 Å². The molecule has 0 aliphatic carbocycles. The first kappa shape index (κ1) is 20.0. The van der Waals surface area contributed by atoms with E-state index >= 15 is 0 Å². The number of likely N-dealkylation sites (tertiary alicyclic amines) is 1. The van der Waals surface area contributed by atoms with Gasteiger partial charge in [-0.05, 0) is 62.7 Å². The molecule has 1 aromatic carbocycles. The lowest BCUT2D eigenvalue weighted by atomic mass is 9.91. The summed E-state index contributed by atoms with van der Waals surface area (Å²) in [4.78, 5) is 14.9. The number of methoxy groups -OCH3 is 2. The van der Waals surface area contributed by atoms with Gasteiger partial charge < -0.3 is 24.4 Å². The van der Waals surface area contributed by atoms with E-state index in [0.717, 1.165) is 32.7 Å². The van der Waals surface area contributed by atoms with Gasteiger partial charge in [-0.2, -0.15) is 0 Å². The smallest absolute Gasteiger partial charge is 0.224 e. The van der Waals surface area contributed by atoms with Crippen molar-refractivity contribution in [3.8, 4) is 11.5 Å². The van der Waals surface area contributed by atoms with E-state index in [1.54, 1.807) is 20.3 Å². The third-order valence-electron chi connectivity index (χ3n) is 5.71. The van der Waals surface area contributed by atoms with Gasteiger partial charge >= 0.3 is 0 Å². The Labute approximate surface area is 162 Å². The molecule has 0 saturated carbocycles. The summed E-state index contributed by atoms with van der Waals surface area (Å²) in [6.45, 7) is 5.32. The van der Waals surface area contributed by atoms with Crippen LogP contribution in [0.3, 0.4) is 0 Å². The standard InChI is InChI=1S/C21H32N2O4/c1-25-18-4-5-19(20(13-18)26-2)22-21(24)6-3-16-7-10-23(11-8-16)14-17-9-12-27-15-17/h4-5,13,16-17H,3,6-12,14-15H2,1-2H3,(H,22,24)/t17-/m0/s1. The van der Waals surface area contributed by atoms with E-state index in [-0.39, 0.29) is 5.91 Å². The highest BCUT2D eigenvalue weighted by Gasteiger charge is 2.24. The van der Waals surface area contributed by atoms with Crippen molar-refractivity contribution in [2.45, 2.75) is 32.1 Å². The number of piperidine rings is 1. The van der Waals surface area contributed by atoms with Crippen molar-refractivity contribution in [2.24, 2.45) is 11.8 Å². The molecule has 0 aromatic heterocycles. The second-order valence-electron chi connectivity index (χ2n) is 7.63. The summed E-state index contributed by atoms with van der Waals surface area (Å²) < 4.78 is 16.0. The SMILES string of the molecule is COc1ccc(NC(=O)CCC2CCN(C[C@@H]3CCOC3)CC2)c(OC)c1. The fourth-order valence-electron chi connectivity index (χ4n) is 4.00.